The van der Waals surface area contributed by atoms with Crippen LogP contribution >= 0.6 is 11.8 Å². The Bertz CT molecular complexity index is 911. The quantitative estimate of drug-likeness (QED) is 0.695. The van der Waals surface area contributed by atoms with Gasteiger partial charge in [0.15, 0.2) is 5.16 Å². The maximum Gasteiger partial charge on any atom is 0.234 e. The molecule has 25 heavy (non-hydrogen) atoms. The summed E-state index contributed by atoms with van der Waals surface area (Å²) in [5.41, 5.74) is 2.02. The van der Waals surface area contributed by atoms with Crippen molar-refractivity contribution < 1.29 is 13.6 Å². The molecule has 1 aromatic heterocycles. The minimum Gasteiger partial charge on any atom is -0.323 e. The van der Waals surface area contributed by atoms with Gasteiger partial charge in [-0.25, -0.2) is 13.8 Å². The number of aromatic nitrogens is 2. The lowest BCUT2D eigenvalue weighted by atomic mass is 10.2. The molecule has 7 heteroatoms. The number of rotatable bonds is 5. The summed E-state index contributed by atoms with van der Waals surface area (Å²) >= 11 is 1.23. The van der Waals surface area contributed by atoms with Gasteiger partial charge in [-0.2, -0.15) is 0 Å². The third-order valence-corrected chi connectivity index (χ3v) is 4.39. The van der Waals surface area contributed by atoms with E-state index in [-0.39, 0.29) is 11.4 Å². The summed E-state index contributed by atoms with van der Waals surface area (Å²) < 4.78 is 28.3. The van der Waals surface area contributed by atoms with Crippen LogP contribution in [0.2, 0.25) is 0 Å². The number of halogens is 2. The van der Waals surface area contributed by atoms with Crippen molar-refractivity contribution in [3.05, 3.63) is 72.1 Å². The van der Waals surface area contributed by atoms with Crippen molar-refractivity contribution in [1.29, 1.82) is 0 Å². The summed E-state index contributed by atoms with van der Waals surface area (Å²) in [5, 5.41) is 3.08. The van der Waals surface area contributed by atoms with Crippen molar-refractivity contribution in [1.82, 2.24) is 9.55 Å². The fourth-order valence-electron chi connectivity index (χ4n) is 2.28. The Labute approximate surface area is 147 Å². The molecule has 0 unspecified atom stereocenters. The van der Waals surface area contributed by atoms with Gasteiger partial charge in [-0.15, -0.1) is 0 Å². The summed E-state index contributed by atoms with van der Waals surface area (Å²) in [5.74, 6) is -1.83. The third kappa shape index (κ3) is 4.24. The largest absolute Gasteiger partial charge is 0.323 e. The maximum atomic E-state index is 13.6. The van der Waals surface area contributed by atoms with Crippen molar-refractivity contribution in [3.63, 3.8) is 0 Å². The first kappa shape index (κ1) is 17.2. The number of thioether (sulfide) groups is 1. The van der Waals surface area contributed by atoms with Crippen LogP contribution in [0.5, 0.6) is 0 Å². The summed E-state index contributed by atoms with van der Waals surface area (Å²) in [4.78, 5) is 16.3. The Morgan fingerprint density at radius 2 is 2.08 bits per heavy atom. The number of hydrogen-bond donors (Lipinski definition) is 1. The topological polar surface area (TPSA) is 46.9 Å². The van der Waals surface area contributed by atoms with Crippen LogP contribution in [0.4, 0.5) is 14.5 Å². The third-order valence-electron chi connectivity index (χ3n) is 3.42. The summed E-state index contributed by atoms with van der Waals surface area (Å²) in [6, 6.07) is 10.9. The van der Waals surface area contributed by atoms with Crippen LogP contribution in [-0.2, 0) is 4.79 Å². The summed E-state index contributed by atoms with van der Waals surface area (Å²) in [7, 11) is 0. The molecule has 0 aliphatic carbocycles. The molecule has 128 valence electrons. The average Bonchev–Trinajstić information content (AvgIpc) is 3.04. The van der Waals surface area contributed by atoms with Crippen molar-refractivity contribution in [2.24, 2.45) is 0 Å². The maximum absolute atomic E-state index is 13.6. The van der Waals surface area contributed by atoms with Crippen molar-refractivity contribution in [2.75, 3.05) is 11.1 Å². The molecule has 3 aromatic rings. The molecule has 0 aliphatic heterocycles. The SMILES string of the molecule is Cc1cccc(-n2ccnc2SCC(=O)Nc2ccc(F)cc2F)c1. The van der Waals surface area contributed by atoms with Gasteiger partial charge >= 0.3 is 0 Å². The molecule has 0 aliphatic rings. The zero-order valence-electron chi connectivity index (χ0n) is 13.4. The Morgan fingerprint density at radius 3 is 2.84 bits per heavy atom. The minimum absolute atomic E-state index is 0.0472. The minimum atomic E-state index is -0.806. The lowest BCUT2D eigenvalue weighted by molar-refractivity contribution is -0.113. The van der Waals surface area contributed by atoms with E-state index in [1.165, 1.54) is 17.8 Å². The van der Waals surface area contributed by atoms with E-state index in [1.54, 1.807) is 6.20 Å². The molecular weight excluding hydrogens is 344 g/mol. The van der Waals surface area contributed by atoms with Gasteiger partial charge in [-0.1, -0.05) is 23.9 Å². The predicted molar refractivity (Wildman–Crippen MR) is 94.0 cm³/mol. The first-order valence-electron chi connectivity index (χ1n) is 7.51. The highest BCUT2D eigenvalue weighted by Crippen LogP contribution is 2.22. The van der Waals surface area contributed by atoms with E-state index in [1.807, 2.05) is 42.0 Å². The van der Waals surface area contributed by atoms with Crippen LogP contribution in [0.3, 0.4) is 0 Å². The standard InChI is InChI=1S/C18H15F2N3OS/c1-12-3-2-4-14(9-12)23-8-7-21-18(23)25-11-17(24)22-16-6-5-13(19)10-15(16)20/h2-10H,11H2,1H3,(H,22,24). The first-order chi connectivity index (χ1) is 12.0. The number of nitrogens with zero attached hydrogens (tertiary/aromatic N) is 2. The molecule has 0 atom stereocenters. The van der Waals surface area contributed by atoms with E-state index in [0.29, 0.717) is 5.16 Å². The van der Waals surface area contributed by atoms with E-state index >= 15 is 0 Å². The molecule has 1 amide bonds. The molecule has 0 radical (unpaired) electrons. The van der Waals surface area contributed by atoms with Gasteiger partial charge in [0.2, 0.25) is 5.91 Å². The number of imidazole rings is 1. The summed E-state index contributed by atoms with van der Waals surface area (Å²) in [6.45, 7) is 2.00. The van der Waals surface area contributed by atoms with E-state index in [9.17, 15) is 13.6 Å². The highest BCUT2D eigenvalue weighted by molar-refractivity contribution is 7.99. The van der Waals surface area contributed by atoms with Crippen molar-refractivity contribution in [3.8, 4) is 5.69 Å². The van der Waals surface area contributed by atoms with Gasteiger partial charge in [-0.3, -0.25) is 9.36 Å². The lowest BCUT2D eigenvalue weighted by Gasteiger charge is -2.09. The molecule has 3 rings (SSSR count). The number of hydrogen-bond acceptors (Lipinski definition) is 3. The highest BCUT2D eigenvalue weighted by atomic mass is 32.2. The highest BCUT2D eigenvalue weighted by Gasteiger charge is 2.11. The zero-order valence-corrected chi connectivity index (χ0v) is 14.2. The molecule has 1 heterocycles. The second-order valence-corrected chi connectivity index (χ2v) is 6.32. The number of aryl methyl sites for hydroxylation is 1. The van der Waals surface area contributed by atoms with E-state index in [2.05, 4.69) is 10.3 Å². The number of benzene rings is 2. The number of nitrogens with one attached hydrogen (secondary N) is 1. The Morgan fingerprint density at radius 1 is 1.24 bits per heavy atom. The van der Waals surface area contributed by atoms with Gasteiger partial charge in [0, 0.05) is 24.1 Å². The van der Waals surface area contributed by atoms with E-state index < -0.39 is 17.5 Å². The molecule has 1 N–H and O–H groups in total. The fourth-order valence-corrected chi connectivity index (χ4v) is 3.05. The van der Waals surface area contributed by atoms with Crippen LogP contribution in [0.25, 0.3) is 5.69 Å². The molecular formula is C18H15F2N3OS. The monoisotopic (exact) mass is 359 g/mol. The van der Waals surface area contributed by atoms with Crippen molar-refractivity contribution >= 4 is 23.4 Å². The smallest absolute Gasteiger partial charge is 0.234 e. The number of carbonyl (C=O) groups is 1. The van der Waals surface area contributed by atoms with Crippen LogP contribution in [-0.4, -0.2) is 21.2 Å². The van der Waals surface area contributed by atoms with Gasteiger partial charge in [0.05, 0.1) is 11.4 Å². The molecule has 4 nitrogen and oxygen atoms in total. The van der Waals surface area contributed by atoms with Crippen molar-refractivity contribution in [2.45, 2.75) is 12.1 Å². The van der Waals surface area contributed by atoms with E-state index in [4.69, 9.17) is 0 Å². The van der Waals surface area contributed by atoms with Crippen LogP contribution in [0.1, 0.15) is 5.56 Å². The Kier molecular flexibility index (Phi) is 5.14. The van der Waals surface area contributed by atoms with Crippen LogP contribution < -0.4 is 5.32 Å². The fraction of sp³-hybridized carbons (Fsp3) is 0.111. The molecule has 2 aromatic carbocycles. The lowest BCUT2D eigenvalue weighted by Crippen LogP contribution is -2.15. The number of amides is 1. The predicted octanol–water partition coefficient (Wildman–Crippen LogP) is 4.19. The number of carbonyl (C=O) groups excluding carboxylic acids is 1. The van der Waals surface area contributed by atoms with Gasteiger partial charge in [0.1, 0.15) is 11.6 Å². The second kappa shape index (κ2) is 7.48. The molecule has 0 saturated heterocycles. The number of anilines is 1. The molecule has 0 saturated carbocycles. The van der Waals surface area contributed by atoms with E-state index in [0.717, 1.165) is 23.4 Å². The summed E-state index contributed by atoms with van der Waals surface area (Å²) in [6.07, 6.45) is 3.47. The van der Waals surface area contributed by atoms with Gasteiger partial charge < -0.3 is 5.32 Å². The first-order valence-corrected chi connectivity index (χ1v) is 8.49. The van der Waals surface area contributed by atoms with Gasteiger partial charge in [-0.05, 0) is 36.8 Å². The van der Waals surface area contributed by atoms with Gasteiger partial charge in [0.25, 0.3) is 0 Å². The normalized spacial score (nSPS) is 10.7. The van der Waals surface area contributed by atoms with Crippen LogP contribution in [0, 0.1) is 18.6 Å². The Hall–Kier alpha value is -2.67. The molecule has 0 bridgehead atoms. The molecule has 0 fully saturated rings. The zero-order chi connectivity index (χ0) is 17.8. The Balaban J connectivity index is 1.66. The average molecular weight is 359 g/mol. The van der Waals surface area contributed by atoms with Crippen LogP contribution in [0.15, 0.2) is 60.0 Å². The molecule has 0 spiro atoms. The second-order valence-electron chi connectivity index (χ2n) is 5.38.